The Morgan fingerprint density at radius 3 is 1.82 bits per heavy atom. The maximum absolute atomic E-state index is 13.5. The van der Waals surface area contributed by atoms with Crippen molar-refractivity contribution in [3.05, 3.63) is 71.8 Å². The monoisotopic (exact) mass is 771 g/mol. The molecule has 1 fully saturated rings. The topological polar surface area (TPSA) is 271 Å². The van der Waals surface area contributed by atoms with E-state index in [9.17, 15) is 53.7 Å². The van der Waals surface area contributed by atoms with Gasteiger partial charge in [0.25, 0.3) is 11.8 Å². The number of amides is 6. The number of likely N-dealkylation sites (N-methyl/N-ethyl adjacent to an activating group) is 1. The Kier molecular flexibility index (Phi) is 16.1. The van der Waals surface area contributed by atoms with Gasteiger partial charge < -0.3 is 45.5 Å². The number of carboxylic acids is 1. The smallest absolute Gasteiger partial charge is 0.433 e. The first kappa shape index (κ1) is 43.3. The Morgan fingerprint density at radius 1 is 0.764 bits per heavy atom. The minimum atomic E-state index is -1.97. The van der Waals surface area contributed by atoms with Gasteiger partial charge >= 0.3 is 24.1 Å². The first-order valence-electron chi connectivity index (χ1n) is 17.2. The summed E-state index contributed by atoms with van der Waals surface area (Å²) in [7, 11) is 0.851. The van der Waals surface area contributed by atoms with E-state index in [2.05, 4.69) is 16.0 Å². The van der Waals surface area contributed by atoms with E-state index in [1.165, 1.54) is 0 Å². The highest BCUT2D eigenvalue weighted by Crippen LogP contribution is 2.27. The number of carbonyl (C=O) groups is 8. The van der Waals surface area contributed by atoms with Gasteiger partial charge in [-0.15, -0.1) is 5.01 Å². The number of ether oxygens (including phenoxy) is 3. The molecule has 19 nitrogen and oxygen atoms in total. The predicted molar refractivity (Wildman–Crippen MR) is 188 cm³/mol. The summed E-state index contributed by atoms with van der Waals surface area (Å²) >= 11 is 0. The van der Waals surface area contributed by atoms with Gasteiger partial charge in [0.1, 0.15) is 31.3 Å². The van der Waals surface area contributed by atoms with Crippen LogP contribution in [0, 0.1) is 5.92 Å². The number of nitrogens with zero attached hydrogens (tertiary/aromatic N) is 2. The van der Waals surface area contributed by atoms with Crippen LogP contribution < -0.4 is 16.0 Å². The van der Waals surface area contributed by atoms with E-state index in [0.29, 0.717) is 11.1 Å². The third kappa shape index (κ3) is 13.4. The number of nitrogens with one attached hydrogen (secondary N) is 3. The van der Waals surface area contributed by atoms with Crippen molar-refractivity contribution in [3.63, 3.8) is 0 Å². The zero-order valence-corrected chi connectivity index (χ0v) is 30.6. The van der Waals surface area contributed by atoms with Crippen molar-refractivity contribution in [1.82, 2.24) is 26.0 Å². The molecule has 1 heterocycles. The average molecular weight is 772 g/mol. The third-order valence-corrected chi connectivity index (χ3v) is 8.05. The summed E-state index contributed by atoms with van der Waals surface area (Å²) in [5.74, 6) is -7.17. The van der Waals surface area contributed by atoms with Gasteiger partial charge in [-0.25, -0.2) is 19.4 Å². The van der Waals surface area contributed by atoms with E-state index in [1.54, 1.807) is 74.5 Å². The number of carbonyl (C=O) groups excluding carboxylic acids is 6. The van der Waals surface area contributed by atoms with Crippen molar-refractivity contribution < 1.29 is 67.9 Å². The number of hydrogen-bond donors (Lipinski definition) is 6. The molecule has 55 heavy (non-hydrogen) atoms. The summed E-state index contributed by atoms with van der Waals surface area (Å²) in [6.07, 6.45) is -8.80. The van der Waals surface area contributed by atoms with E-state index in [1.807, 2.05) is 0 Å². The average Bonchev–Trinajstić information content (AvgIpc) is 3.95. The molecule has 3 rings (SSSR count). The predicted octanol–water partition coefficient (Wildman–Crippen LogP) is 0.934. The Labute approximate surface area is 315 Å². The fourth-order valence-electron chi connectivity index (χ4n) is 5.14. The van der Waals surface area contributed by atoms with Gasteiger partial charge in [-0.3, -0.25) is 24.0 Å². The molecule has 0 radical (unpaired) electrons. The standard InChI is InChI=1S/C36H45N5O14/c1-20(2)17-25(38-35(50)54-19-23-13-9-6-10-14-23)31(46)37-24(15-16-26(43)44)30(45)39-27(21(3)42)32(47)40(4)41(36(51)52)33(48)28-29(55-28)34(49)53-18-22-11-7-5-8-12-22/h5-14,20-21,24-25,27-29,42H,15-19H2,1-4H3,(H,37,46)(H,38,50)(H,39,45)(H,43,44)(H,51,52)/t21-,24+,25+,27+,28+,29+/m1/s1. The van der Waals surface area contributed by atoms with Gasteiger partial charge in [-0.1, -0.05) is 74.5 Å². The van der Waals surface area contributed by atoms with Crippen molar-refractivity contribution in [3.8, 4) is 0 Å². The highest BCUT2D eigenvalue weighted by Gasteiger charge is 2.55. The fraction of sp³-hybridized carbons (Fsp3) is 0.444. The lowest BCUT2D eigenvalue weighted by molar-refractivity contribution is -0.160. The number of aliphatic carboxylic acids is 1. The molecule has 0 saturated carbocycles. The minimum absolute atomic E-state index is 0.0677. The number of hydrazine groups is 1. The van der Waals surface area contributed by atoms with Crippen molar-refractivity contribution in [2.24, 2.45) is 5.92 Å². The summed E-state index contributed by atoms with van der Waals surface area (Å²) in [5, 5.41) is 36.9. The molecule has 1 aliphatic rings. The summed E-state index contributed by atoms with van der Waals surface area (Å²) in [5.41, 5.74) is 1.32. The third-order valence-electron chi connectivity index (χ3n) is 8.05. The van der Waals surface area contributed by atoms with Crippen molar-refractivity contribution in [2.75, 3.05) is 7.05 Å². The molecule has 2 aromatic rings. The second kappa shape index (κ2) is 20.4. The van der Waals surface area contributed by atoms with Gasteiger partial charge in [0.2, 0.25) is 11.8 Å². The molecular formula is C36H45N5O14. The summed E-state index contributed by atoms with van der Waals surface area (Å²) in [6.45, 7) is 4.34. The second-order valence-corrected chi connectivity index (χ2v) is 13.0. The number of aliphatic hydroxyl groups excluding tert-OH is 1. The highest BCUT2D eigenvalue weighted by molar-refractivity contribution is 6.01. The number of imide groups is 1. The van der Waals surface area contributed by atoms with Crippen LogP contribution in [0.3, 0.4) is 0 Å². The first-order valence-corrected chi connectivity index (χ1v) is 17.2. The Morgan fingerprint density at radius 2 is 1.31 bits per heavy atom. The highest BCUT2D eigenvalue weighted by atomic mass is 16.6. The molecule has 6 N–H and O–H groups in total. The molecule has 2 aromatic carbocycles. The summed E-state index contributed by atoms with van der Waals surface area (Å²) in [6, 6.07) is 12.4. The number of epoxide rings is 1. The Hall–Kier alpha value is -6.08. The lowest BCUT2D eigenvalue weighted by Gasteiger charge is -2.32. The van der Waals surface area contributed by atoms with Crippen LogP contribution >= 0.6 is 0 Å². The van der Waals surface area contributed by atoms with E-state index < -0.39 is 97.0 Å². The molecule has 1 saturated heterocycles. The number of benzene rings is 2. The van der Waals surface area contributed by atoms with E-state index in [4.69, 9.17) is 14.2 Å². The summed E-state index contributed by atoms with van der Waals surface area (Å²) < 4.78 is 15.4. The van der Waals surface area contributed by atoms with Gasteiger partial charge in [0.05, 0.1) is 6.10 Å². The summed E-state index contributed by atoms with van der Waals surface area (Å²) in [4.78, 5) is 102. The molecule has 0 spiro atoms. The molecule has 0 aromatic heterocycles. The van der Waals surface area contributed by atoms with E-state index in [-0.39, 0.29) is 35.6 Å². The molecular weight excluding hydrogens is 726 g/mol. The minimum Gasteiger partial charge on any atom is -0.481 e. The van der Waals surface area contributed by atoms with Crippen LogP contribution in [0.1, 0.15) is 51.2 Å². The van der Waals surface area contributed by atoms with Crippen LogP contribution in [-0.4, -0.2) is 117 Å². The Balaban J connectivity index is 1.70. The second-order valence-electron chi connectivity index (χ2n) is 13.0. The number of alkyl carbamates (subject to hydrolysis) is 1. The molecule has 298 valence electrons. The molecule has 1 aliphatic heterocycles. The van der Waals surface area contributed by atoms with Crippen LogP contribution in [0.5, 0.6) is 0 Å². The zero-order valence-electron chi connectivity index (χ0n) is 30.6. The molecule has 19 heteroatoms. The first-order chi connectivity index (χ1) is 26.0. The number of carboxylic acid groups (broad SMARTS) is 2. The number of hydrogen-bond acceptors (Lipinski definition) is 12. The van der Waals surface area contributed by atoms with Crippen LogP contribution in [0.4, 0.5) is 9.59 Å². The zero-order chi connectivity index (χ0) is 40.8. The molecule has 0 unspecified atom stereocenters. The van der Waals surface area contributed by atoms with E-state index >= 15 is 0 Å². The number of aliphatic hydroxyl groups is 1. The normalized spacial score (nSPS) is 16.6. The van der Waals surface area contributed by atoms with Crippen molar-refractivity contribution in [1.29, 1.82) is 0 Å². The Bertz CT molecular complexity index is 1690. The largest absolute Gasteiger partial charge is 0.481 e. The maximum Gasteiger partial charge on any atom is 0.433 e. The van der Waals surface area contributed by atoms with Gasteiger partial charge in [-0.05, 0) is 36.8 Å². The van der Waals surface area contributed by atoms with Gasteiger partial charge in [-0.2, -0.15) is 0 Å². The molecule has 6 amide bonds. The van der Waals surface area contributed by atoms with Crippen molar-refractivity contribution in [2.45, 2.75) is 89.7 Å². The SMILES string of the molecule is CC(C)C[C@H](NC(=O)OCc1ccccc1)C(=O)N[C@@H](CCC(=O)O)C(=O)N[C@H](C(=O)N(C)N(C(=O)O)C(=O)[C@H]1O[C@@H]1C(=O)OCc1ccccc1)[C@@H](C)O. The van der Waals surface area contributed by atoms with Gasteiger partial charge in [0, 0.05) is 13.5 Å². The lowest BCUT2D eigenvalue weighted by atomic mass is 10.0. The van der Waals surface area contributed by atoms with Crippen LogP contribution in [0.2, 0.25) is 0 Å². The number of rotatable bonds is 18. The van der Waals surface area contributed by atoms with Crippen molar-refractivity contribution >= 4 is 47.8 Å². The van der Waals surface area contributed by atoms with Crippen LogP contribution in [0.25, 0.3) is 0 Å². The molecule has 6 atom stereocenters. The van der Waals surface area contributed by atoms with E-state index in [0.717, 1.165) is 14.0 Å². The molecule has 0 aliphatic carbocycles. The van der Waals surface area contributed by atoms with Gasteiger partial charge in [0.15, 0.2) is 12.2 Å². The quantitative estimate of drug-likeness (QED) is 0.0700. The maximum atomic E-state index is 13.5. The lowest BCUT2D eigenvalue weighted by Crippen LogP contribution is -2.62. The van der Waals surface area contributed by atoms with Crippen LogP contribution in [-0.2, 0) is 56.2 Å². The fourth-order valence-corrected chi connectivity index (χ4v) is 5.14. The number of esters is 1. The molecule has 0 bridgehead atoms. The van der Waals surface area contributed by atoms with Crippen LogP contribution in [0.15, 0.2) is 60.7 Å².